The smallest absolute Gasteiger partial charge is 0.355 e. The first-order valence-electron chi connectivity index (χ1n) is 14.1. The van der Waals surface area contributed by atoms with E-state index in [1.807, 2.05) is 13.8 Å². The summed E-state index contributed by atoms with van der Waals surface area (Å²) in [6, 6.07) is 2.82. The summed E-state index contributed by atoms with van der Waals surface area (Å²) in [7, 11) is 0. The second-order valence-corrected chi connectivity index (χ2v) is 12.7. The van der Waals surface area contributed by atoms with Crippen molar-refractivity contribution >= 4 is 40.8 Å². The van der Waals surface area contributed by atoms with Crippen LogP contribution in [0.15, 0.2) is 59.2 Å². The highest BCUT2D eigenvalue weighted by Gasteiger charge is 2.44. The second kappa shape index (κ2) is 11.6. The molecule has 4 atom stereocenters. The zero-order chi connectivity index (χ0) is 32.4. The molecule has 238 valence electrons. The molecule has 3 aliphatic rings. The second-order valence-electron chi connectivity index (χ2n) is 11.2. The first-order chi connectivity index (χ1) is 21.3. The minimum Gasteiger partial charge on any atom is -0.355 e. The Bertz CT molecular complexity index is 1690. The molecule has 0 bridgehead atoms. The Morgan fingerprint density at radius 1 is 1.11 bits per heavy atom. The van der Waals surface area contributed by atoms with E-state index < -0.39 is 51.9 Å². The van der Waals surface area contributed by atoms with Crippen molar-refractivity contribution in [2.75, 3.05) is 30.3 Å². The number of aliphatic hydroxyl groups is 1. The van der Waals surface area contributed by atoms with Crippen molar-refractivity contribution in [1.82, 2.24) is 19.6 Å². The van der Waals surface area contributed by atoms with Gasteiger partial charge in [-0.05, 0) is 38.1 Å². The molecule has 4 heterocycles. The topological polar surface area (TPSA) is 77.2 Å². The molecule has 0 radical (unpaired) electrons. The summed E-state index contributed by atoms with van der Waals surface area (Å²) in [5.41, 5.74) is -1.85. The molecule has 2 aromatic carbocycles. The number of anilines is 1. The molecule has 1 amide bonds. The number of hydrogen-bond acceptors (Lipinski definition) is 7. The average Bonchev–Trinajstić information content (AvgIpc) is 3.43. The van der Waals surface area contributed by atoms with Gasteiger partial charge in [-0.3, -0.25) is 9.48 Å². The number of aliphatic hydroxyl groups excluding tert-OH is 1. The van der Waals surface area contributed by atoms with Crippen LogP contribution in [0.2, 0.25) is 5.02 Å². The van der Waals surface area contributed by atoms with Gasteiger partial charge in [0.15, 0.2) is 0 Å². The van der Waals surface area contributed by atoms with Crippen LogP contribution in [0.25, 0.3) is 11.1 Å². The van der Waals surface area contributed by atoms with Crippen molar-refractivity contribution in [3.8, 4) is 11.1 Å². The fraction of sp³-hybridized carbons (Fsp3) is 0.367. The Hall–Kier alpha value is -3.62. The van der Waals surface area contributed by atoms with Gasteiger partial charge in [-0.25, -0.2) is 13.8 Å². The van der Waals surface area contributed by atoms with Gasteiger partial charge in [-0.1, -0.05) is 18.2 Å². The lowest BCUT2D eigenvalue weighted by atomic mass is 9.92. The van der Waals surface area contributed by atoms with Gasteiger partial charge in [0.1, 0.15) is 17.5 Å². The van der Waals surface area contributed by atoms with E-state index in [2.05, 4.69) is 16.7 Å². The number of amidine groups is 1. The van der Waals surface area contributed by atoms with Crippen molar-refractivity contribution in [1.29, 1.82) is 0 Å². The maximum Gasteiger partial charge on any atom is 0.417 e. The molecule has 15 heteroatoms. The van der Waals surface area contributed by atoms with Crippen LogP contribution in [0.1, 0.15) is 31.0 Å². The number of aromatic nitrogens is 2. The third-order valence-electron chi connectivity index (χ3n) is 8.26. The van der Waals surface area contributed by atoms with E-state index in [9.17, 15) is 27.5 Å². The Morgan fingerprint density at radius 3 is 2.44 bits per heavy atom. The largest absolute Gasteiger partial charge is 0.417 e. The van der Waals surface area contributed by atoms with Crippen LogP contribution < -0.4 is 4.90 Å². The van der Waals surface area contributed by atoms with E-state index in [0.29, 0.717) is 6.07 Å². The summed E-state index contributed by atoms with van der Waals surface area (Å²) in [5, 5.41) is 15.2. The Kier molecular flexibility index (Phi) is 8.11. The summed E-state index contributed by atoms with van der Waals surface area (Å²) in [6.45, 7) is 7.75. The van der Waals surface area contributed by atoms with Gasteiger partial charge in [0.2, 0.25) is 12.3 Å². The molecule has 3 aliphatic heterocycles. The van der Waals surface area contributed by atoms with Crippen LogP contribution in [0.5, 0.6) is 0 Å². The van der Waals surface area contributed by atoms with E-state index in [1.165, 1.54) is 11.0 Å². The minimum absolute atomic E-state index is 0.0454. The maximum atomic E-state index is 15.4. The fourth-order valence-corrected chi connectivity index (χ4v) is 7.91. The summed E-state index contributed by atoms with van der Waals surface area (Å²) in [4.78, 5) is 22.0. The van der Waals surface area contributed by atoms with E-state index in [1.54, 1.807) is 32.9 Å². The summed E-state index contributed by atoms with van der Waals surface area (Å²) < 4.78 is 76.1. The average molecular weight is 667 g/mol. The molecule has 1 fully saturated rings. The molecule has 0 saturated carbocycles. The molecular weight excluding hydrogens is 639 g/mol. The van der Waals surface area contributed by atoms with Crippen LogP contribution in [0.3, 0.4) is 0 Å². The van der Waals surface area contributed by atoms with Crippen LogP contribution in [0.4, 0.5) is 27.6 Å². The number of halogens is 6. The fourth-order valence-electron chi connectivity index (χ4n) is 6.40. The van der Waals surface area contributed by atoms with Gasteiger partial charge in [-0.2, -0.15) is 18.3 Å². The van der Waals surface area contributed by atoms with Gasteiger partial charge in [0.25, 0.3) is 0 Å². The Labute approximate surface area is 264 Å². The third kappa shape index (κ3) is 5.46. The number of nitrogens with zero attached hydrogens (tertiary/aromatic N) is 6. The first kappa shape index (κ1) is 31.4. The van der Waals surface area contributed by atoms with Gasteiger partial charge in [-0.15, -0.1) is 11.8 Å². The standard InChI is InChI=1S/C30H28ClF5N6O2S/c1-4-24(43)42-15(2)11-39(12-16(42)3)28-19-8-20(30(34,35)36)25(18-9-21(31)23(33)10-22(18)32)27-26(19)40(29(44)38-28)13-17(14-45-27)41-7-5-6-37-41/h4-10,15-17,29,44H,1,11-14H2,2-3H3/t15-,16+,17?,29?. The number of carbonyl (C=O) groups excluding carboxylic acids is 1. The predicted molar refractivity (Wildman–Crippen MR) is 161 cm³/mol. The van der Waals surface area contributed by atoms with Crippen molar-refractivity contribution < 1.29 is 31.9 Å². The molecule has 1 saturated heterocycles. The summed E-state index contributed by atoms with van der Waals surface area (Å²) >= 11 is 7.03. The minimum atomic E-state index is -4.97. The lowest BCUT2D eigenvalue weighted by Crippen LogP contribution is -2.60. The monoisotopic (exact) mass is 666 g/mol. The molecule has 2 unspecified atom stereocenters. The van der Waals surface area contributed by atoms with Crippen LogP contribution in [0, 0.1) is 11.6 Å². The molecule has 0 spiro atoms. The normalized spacial score (nSPS) is 23.4. The zero-order valence-electron chi connectivity index (χ0n) is 24.1. The maximum absolute atomic E-state index is 15.4. The zero-order valence-corrected chi connectivity index (χ0v) is 25.7. The molecule has 0 aliphatic carbocycles. The van der Waals surface area contributed by atoms with Gasteiger partial charge < -0.3 is 19.8 Å². The molecule has 45 heavy (non-hydrogen) atoms. The van der Waals surface area contributed by atoms with Crippen molar-refractivity contribution in [2.45, 2.75) is 49.4 Å². The van der Waals surface area contributed by atoms with Gasteiger partial charge >= 0.3 is 6.18 Å². The molecule has 1 N–H and O–H groups in total. The number of carbonyl (C=O) groups is 1. The number of benzene rings is 2. The third-order valence-corrected chi connectivity index (χ3v) is 9.79. The molecule has 3 aromatic rings. The Morgan fingerprint density at radius 2 is 1.82 bits per heavy atom. The molecule has 1 aromatic heterocycles. The van der Waals surface area contributed by atoms with Crippen molar-refractivity contribution in [3.05, 3.63) is 77.1 Å². The number of alkyl halides is 3. The number of thioether (sulfide) groups is 1. The molecule has 6 rings (SSSR count). The van der Waals surface area contributed by atoms with Crippen LogP contribution in [-0.4, -0.2) is 80.3 Å². The molecular formula is C30H28ClF5N6O2S. The van der Waals surface area contributed by atoms with Crippen LogP contribution in [-0.2, 0) is 11.0 Å². The van der Waals surface area contributed by atoms with Gasteiger partial charge in [0.05, 0.1) is 22.3 Å². The summed E-state index contributed by atoms with van der Waals surface area (Å²) in [5.74, 6) is -2.26. The number of hydrogen-bond donors (Lipinski definition) is 1. The van der Waals surface area contributed by atoms with Crippen molar-refractivity contribution in [2.24, 2.45) is 4.99 Å². The number of rotatable bonds is 3. The predicted octanol–water partition coefficient (Wildman–Crippen LogP) is 5.80. The lowest BCUT2D eigenvalue weighted by molar-refractivity contribution is -0.137. The first-order valence-corrected chi connectivity index (χ1v) is 15.4. The molecule has 8 nitrogen and oxygen atoms in total. The quantitative estimate of drug-likeness (QED) is 0.217. The van der Waals surface area contributed by atoms with E-state index >= 15 is 4.39 Å². The number of aliphatic imine (C=N–C) groups is 1. The Balaban J connectivity index is 1.59. The number of amides is 1. The van der Waals surface area contributed by atoms with Crippen molar-refractivity contribution in [3.63, 3.8) is 0 Å². The van der Waals surface area contributed by atoms with Gasteiger partial charge in [0, 0.05) is 77.5 Å². The highest BCUT2D eigenvalue weighted by molar-refractivity contribution is 7.99. The number of piperazine rings is 1. The SMILES string of the molecule is C=CC(=O)N1[C@H](C)CN(C2=NC(O)N3CC(n4cccn4)CSc4c(-c5cc(Cl)c(F)cc5F)c(C(F)(F)F)cc2c43)C[C@@H]1C. The highest BCUT2D eigenvalue weighted by atomic mass is 35.5. The highest BCUT2D eigenvalue weighted by Crippen LogP contribution is 2.53. The van der Waals surface area contributed by atoms with E-state index in [-0.39, 0.29) is 65.4 Å². The van der Waals surface area contributed by atoms with Crippen LogP contribution >= 0.6 is 23.4 Å². The lowest BCUT2D eigenvalue weighted by Gasteiger charge is -2.47. The van der Waals surface area contributed by atoms with E-state index in [4.69, 9.17) is 11.6 Å². The van der Waals surface area contributed by atoms with E-state index in [0.717, 1.165) is 23.9 Å². The summed E-state index contributed by atoms with van der Waals surface area (Å²) in [6.07, 6.45) is -1.98.